The van der Waals surface area contributed by atoms with Crippen LogP contribution in [0.15, 0.2) is 16.0 Å². The predicted molar refractivity (Wildman–Crippen MR) is 72.0 cm³/mol. The van der Waals surface area contributed by atoms with Crippen molar-refractivity contribution in [1.29, 1.82) is 0 Å². The monoisotopic (exact) mass is 266 g/mol. The summed E-state index contributed by atoms with van der Waals surface area (Å²) in [5.74, 6) is 0.287. The maximum Gasteiger partial charge on any atom is 0.251 e. The van der Waals surface area contributed by atoms with Crippen molar-refractivity contribution in [2.24, 2.45) is 0 Å². The van der Waals surface area contributed by atoms with E-state index in [9.17, 15) is 9.59 Å². The molecule has 1 aromatic heterocycles. The van der Waals surface area contributed by atoms with Gasteiger partial charge in [0.2, 0.25) is 0 Å². The topological polar surface area (TPSA) is 62.8 Å². The lowest BCUT2D eigenvalue weighted by Gasteiger charge is -2.19. The quantitative estimate of drug-likeness (QED) is 0.850. The number of rotatable bonds is 4. The summed E-state index contributed by atoms with van der Waals surface area (Å²) in [6, 6.07) is 1.54. The molecule has 5 heteroatoms. The van der Waals surface area contributed by atoms with E-state index in [1.165, 1.54) is 17.8 Å². The first-order valence-electron chi connectivity index (χ1n) is 6.48. The van der Waals surface area contributed by atoms with Gasteiger partial charge in [0.05, 0.1) is 5.25 Å². The zero-order valence-electron chi connectivity index (χ0n) is 10.6. The second-order valence-corrected chi connectivity index (χ2v) is 5.80. The Morgan fingerprint density at radius 1 is 1.44 bits per heavy atom. The Morgan fingerprint density at radius 2 is 2.28 bits per heavy atom. The summed E-state index contributed by atoms with van der Waals surface area (Å²) in [5.41, 5.74) is 0.686. The number of thioether (sulfide) groups is 1. The molecule has 0 radical (unpaired) electrons. The minimum absolute atomic E-state index is 0.0289. The van der Waals surface area contributed by atoms with Crippen LogP contribution in [-0.2, 0) is 11.2 Å². The molecule has 0 saturated heterocycles. The highest BCUT2D eigenvalue weighted by molar-refractivity contribution is 8.00. The van der Waals surface area contributed by atoms with Gasteiger partial charge < -0.3 is 4.98 Å². The van der Waals surface area contributed by atoms with Crippen LogP contribution in [0.1, 0.15) is 44.7 Å². The van der Waals surface area contributed by atoms with Gasteiger partial charge in [0.1, 0.15) is 5.78 Å². The second-order valence-electron chi connectivity index (χ2n) is 4.61. The van der Waals surface area contributed by atoms with Gasteiger partial charge >= 0.3 is 0 Å². The molecule has 18 heavy (non-hydrogen) atoms. The maximum absolute atomic E-state index is 11.8. The van der Waals surface area contributed by atoms with Crippen LogP contribution in [0.25, 0.3) is 0 Å². The van der Waals surface area contributed by atoms with Crippen molar-refractivity contribution in [2.45, 2.75) is 55.9 Å². The number of hydrogen-bond acceptors (Lipinski definition) is 4. The lowest BCUT2D eigenvalue weighted by atomic mass is 9.99. The Labute approximate surface area is 111 Å². The van der Waals surface area contributed by atoms with E-state index < -0.39 is 0 Å². The van der Waals surface area contributed by atoms with E-state index in [1.807, 2.05) is 0 Å². The highest BCUT2D eigenvalue weighted by atomic mass is 32.2. The highest BCUT2D eigenvalue weighted by Gasteiger charge is 2.24. The molecule has 0 amide bonds. The molecule has 1 N–H and O–H groups in total. The first-order valence-corrected chi connectivity index (χ1v) is 7.36. The molecule has 1 heterocycles. The van der Waals surface area contributed by atoms with E-state index in [0.717, 1.165) is 37.8 Å². The van der Waals surface area contributed by atoms with Gasteiger partial charge in [-0.25, -0.2) is 4.98 Å². The minimum Gasteiger partial charge on any atom is -0.301 e. The average Bonchev–Trinajstić information content (AvgIpc) is 2.32. The van der Waals surface area contributed by atoms with Crippen LogP contribution >= 0.6 is 11.8 Å². The third-order valence-corrected chi connectivity index (χ3v) is 4.23. The number of ketones is 1. The summed E-state index contributed by atoms with van der Waals surface area (Å²) >= 11 is 1.41. The van der Waals surface area contributed by atoms with Gasteiger partial charge in [-0.1, -0.05) is 31.5 Å². The van der Waals surface area contributed by atoms with E-state index in [1.54, 1.807) is 0 Å². The van der Waals surface area contributed by atoms with Gasteiger partial charge in [0.15, 0.2) is 5.16 Å². The maximum atomic E-state index is 11.8. The Kier molecular flexibility index (Phi) is 4.58. The van der Waals surface area contributed by atoms with Gasteiger partial charge in [-0.2, -0.15) is 0 Å². The van der Waals surface area contributed by atoms with Gasteiger partial charge in [-0.15, -0.1) is 0 Å². The van der Waals surface area contributed by atoms with Crippen molar-refractivity contribution in [3.05, 3.63) is 22.1 Å². The molecule has 1 aromatic rings. The fourth-order valence-electron chi connectivity index (χ4n) is 2.13. The largest absolute Gasteiger partial charge is 0.301 e. The fraction of sp³-hybridized carbons (Fsp3) is 0.615. The van der Waals surface area contributed by atoms with Crippen LogP contribution in [0.4, 0.5) is 0 Å². The molecule has 4 nitrogen and oxygen atoms in total. The Balaban J connectivity index is 2.12. The van der Waals surface area contributed by atoms with E-state index in [2.05, 4.69) is 16.9 Å². The number of carbonyl (C=O) groups is 1. The highest BCUT2D eigenvalue weighted by Crippen LogP contribution is 2.29. The third-order valence-electron chi connectivity index (χ3n) is 3.03. The molecule has 1 atom stereocenters. The Morgan fingerprint density at radius 3 is 3.00 bits per heavy atom. The van der Waals surface area contributed by atoms with E-state index in [4.69, 9.17) is 0 Å². The molecular weight excluding hydrogens is 248 g/mol. The smallest absolute Gasteiger partial charge is 0.251 e. The van der Waals surface area contributed by atoms with Crippen molar-refractivity contribution in [3.63, 3.8) is 0 Å². The Bertz CT molecular complexity index is 484. The number of aromatic amines is 1. The van der Waals surface area contributed by atoms with E-state index in [0.29, 0.717) is 11.6 Å². The van der Waals surface area contributed by atoms with Crippen molar-refractivity contribution in [2.75, 3.05) is 0 Å². The SMILES string of the molecule is CCCc1cc(=O)[nH]c(S[C@H]2CCCCC2=O)n1. The number of aryl methyl sites for hydroxylation is 1. The number of nitrogens with one attached hydrogen (secondary N) is 1. The van der Waals surface area contributed by atoms with E-state index >= 15 is 0 Å². The molecule has 1 saturated carbocycles. The van der Waals surface area contributed by atoms with Gasteiger partial charge in [-0.05, 0) is 19.3 Å². The summed E-state index contributed by atoms with van der Waals surface area (Å²) in [4.78, 5) is 30.4. The summed E-state index contributed by atoms with van der Waals surface area (Å²) in [7, 11) is 0. The molecular formula is C13H18N2O2S. The molecule has 1 fully saturated rings. The van der Waals surface area contributed by atoms with Gasteiger partial charge in [0, 0.05) is 18.2 Å². The third kappa shape index (κ3) is 3.45. The lowest BCUT2D eigenvalue weighted by molar-refractivity contribution is -0.119. The molecule has 1 aliphatic rings. The molecule has 98 valence electrons. The predicted octanol–water partition coefficient (Wildman–Crippen LogP) is 2.33. The minimum atomic E-state index is -0.126. The van der Waals surface area contributed by atoms with Crippen LogP contribution in [0.3, 0.4) is 0 Å². The summed E-state index contributed by atoms with van der Waals surface area (Å²) in [6.45, 7) is 2.06. The first kappa shape index (κ1) is 13.3. The van der Waals surface area contributed by atoms with Crippen molar-refractivity contribution in [3.8, 4) is 0 Å². The first-order chi connectivity index (χ1) is 8.69. The molecule has 0 spiro atoms. The van der Waals surface area contributed by atoms with Crippen LogP contribution in [0.5, 0.6) is 0 Å². The summed E-state index contributed by atoms with van der Waals surface area (Å²) < 4.78 is 0. The van der Waals surface area contributed by atoms with Crippen molar-refractivity contribution < 1.29 is 4.79 Å². The molecule has 2 rings (SSSR count). The summed E-state index contributed by atoms with van der Waals surface area (Å²) in [6.07, 6.45) is 5.40. The second kappa shape index (κ2) is 6.18. The number of aromatic nitrogens is 2. The molecule has 0 bridgehead atoms. The zero-order chi connectivity index (χ0) is 13.0. The lowest BCUT2D eigenvalue weighted by Crippen LogP contribution is -2.22. The van der Waals surface area contributed by atoms with Gasteiger partial charge in [0.25, 0.3) is 5.56 Å². The number of hydrogen-bond donors (Lipinski definition) is 1. The summed E-state index contributed by atoms with van der Waals surface area (Å²) in [5, 5.41) is 0.560. The number of carbonyl (C=O) groups excluding carboxylic acids is 1. The van der Waals surface area contributed by atoms with Crippen molar-refractivity contribution >= 4 is 17.5 Å². The molecule has 0 aliphatic heterocycles. The van der Waals surface area contributed by atoms with Gasteiger partial charge in [-0.3, -0.25) is 9.59 Å². The zero-order valence-corrected chi connectivity index (χ0v) is 11.4. The Hall–Kier alpha value is -1.10. The molecule has 0 unspecified atom stereocenters. The van der Waals surface area contributed by atoms with E-state index in [-0.39, 0.29) is 16.6 Å². The number of nitrogens with zero attached hydrogens (tertiary/aromatic N) is 1. The average molecular weight is 266 g/mol. The van der Waals surface area contributed by atoms with Crippen LogP contribution < -0.4 is 5.56 Å². The van der Waals surface area contributed by atoms with Crippen LogP contribution in [0, 0.1) is 0 Å². The standard InChI is InChI=1S/C13H18N2O2S/c1-2-5-9-8-12(17)15-13(14-9)18-11-7-4-3-6-10(11)16/h8,11H,2-7H2,1H3,(H,14,15,17)/t11-/m0/s1. The van der Waals surface area contributed by atoms with Crippen molar-refractivity contribution in [1.82, 2.24) is 9.97 Å². The van der Waals surface area contributed by atoms with Crippen LogP contribution in [0.2, 0.25) is 0 Å². The normalized spacial score (nSPS) is 20.1. The number of H-pyrrole nitrogens is 1. The fourth-order valence-corrected chi connectivity index (χ4v) is 3.27. The number of Topliss-reactive ketones (excluding diaryl/α,β-unsaturated/α-hetero) is 1. The molecule has 0 aromatic carbocycles. The molecule has 1 aliphatic carbocycles. The van der Waals surface area contributed by atoms with Crippen LogP contribution in [-0.4, -0.2) is 21.0 Å².